The third kappa shape index (κ3) is 4.77. The molecule has 9 heteroatoms. The minimum Gasteiger partial charge on any atom is -0.326 e. The minimum atomic E-state index is -3.29. The second kappa shape index (κ2) is 7.62. The Labute approximate surface area is 149 Å². The molecule has 2 aromatic carbocycles. The summed E-state index contributed by atoms with van der Waals surface area (Å²) >= 11 is 5.72. The molecule has 1 N–H and O–H groups in total. The number of nitro benzene ring substituents is 1. The van der Waals surface area contributed by atoms with Gasteiger partial charge < -0.3 is 5.32 Å². The molecule has 0 unspecified atom stereocenters. The third-order valence-corrected chi connectivity index (χ3v) is 5.52. The zero-order valence-corrected chi connectivity index (χ0v) is 14.8. The normalized spacial score (nSPS) is 11.1. The van der Waals surface area contributed by atoms with Gasteiger partial charge in [0.1, 0.15) is 5.02 Å². The Bertz CT molecular complexity index is 911. The fraction of sp³-hybridized carbons (Fsp3) is 0.188. The number of carbonyl (C=O) groups excluding carboxylic acids is 1. The van der Waals surface area contributed by atoms with Gasteiger partial charge in [-0.3, -0.25) is 14.9 Å². The van der Waals surface area contributed by atoms with Crippen molar-refractivity contribution in [3.8, 4) is 0 Å². The van der Waals surface area contributed by atoms with Gasteiger partial charge in [-0.15, -0.1) is 0 Å². The average molecular weight is 383 g/mol. The van der Waals surface area contributed by atoms with Crippen LogP contribution < -0.4 is 5.32 Å². The van der Waals surface area contributed by atoms with Crippen LogP contribution >= 0.6 is 11.6 Å². The number of amides is 1. The highest BCUT2D eigenvalue weighted by Crippen LogP contribution is 2.27. The molecule has 7 nitrogen and oxygen atoms in total. The fourth-order valence-electron chi connectivity index (χ4n) is 2.10. The molecule has 25 heavy (non-hydrogen) atoms. The van der Waals surface area contributed by atoms with E-state index in [0.717, 1.165) is 0 Å². The number of carbonyl (C=O) groups is 1. The van der Waals surface area contributed by atoms with Crippen LogP contribution in [0.2, 0.25) is 5.02 Å². The zero-order chi connectivity index (χ0) is 18.6. The maximum absolute atomic E-state index is 12.1. The number of nitrogens with one attached hydrogen (secondary N) is 1. The van der Waals surface area contributed by atoms with Crippen LogP contribution in [0, 0.1) is 10.1 Å². The van der Waals surface area contributed by atoms with Crippen molar-refractivity contribution in [1.29, 1.82) is 0 Å². The van der Waals surface area contributed by atoms with Gasteiger partial charge in [0, 0.05) is 11.8 Å². The molecule has 0 fully saturated rings. The summed E-state index contributed by atoms with van der Waals surface area (Å²) in [5, 5.41) is 13.4. The van der Waals surface area contributed by atoms with Crippen LogP contribution in [0.3, 0.4) is 0 Å². The lowest BCUT2D eigenvalue weighted by Gasteiger charge is -2.07. The van der Waals surface area contributed by atoms with Gasteiger partial charge in [0.05, 0.1) is 22.0 Å². The van der Waals surface area contributed by atoms with E-state index in [-0.39, 0.29) is 39.4 Å². The van der Waals surface area contributed by atoms with E-state index in [1.54, 1.807) is 19.1 Å². The van der Waals surface area contributed by atoms with E-state index in [9.17, 15) is 23.3 Å². The molecule has 0 bridgehead atoms. The van der Waals surface area contributed by atoms with Crippen molar-refractivity contribution >= 4 is 38.7 Å². The molecular formula is C16H15ClN2O5S. The number of benzene rings is 2. The maximum Gasteiger partial charge on any atom is 0.289 e. The summed E-state index contributed by atoms with van der Waals surface area (Å²) in [5.74, 6) is -0.384. The second-order valence-electron chi connectivity index (χ2n) is 5.20. The monoisotopic (exact) mass is 382 g/mol. The van der Waals surface area contributed by atoms with E-state index in [2.05, 4.69) is 5.32 Å². The highest BCUT2D eigenvalue weighted by molar-refractivity contribution is 7.91. The predicted octanol–water partition coefficient (Wildman–Crippen LogP) is 3.22. The Morgan fingerprint density at radius 2 is 1.84 bits per heavy atom. The van der Waals surface area contributed by atoms with E-state index >= 15 is 0 Å². The second-order valence-corrected chi connectivity index (χ2v) is 7.88. The first-order valence-electron chi connectivity index (χ1n) is 7.28. The van der Waals surface area contributed by atoms with Crippen LogP contribution in [-0.2, 0) is 21.1 Å². The highest BCUT2D eigenvalue weighted by Gasteiger charge is 2.15. The van der Waals surface area contributed by atoms with Gasteiger partial charge in [-0.1, -0.05) is 30.7 Å². The summed E-state index contributed by atoms with van der Waals surface area (Å²) in [7, 11) is -3.29. The lowest BCUT2D eigenvalue weighted by Crippen LogP contribution is -2.14. The molecular weight excluding hydrogens is 368 g/mol. The van der Waals surface area contributed by atoms with Crippen LogP contribution in [0.1, 0.15) is 12.5 Å². The Balaban J connectivity index is 2.08. The highest BCUT2D eigenvalue weighted by atomic mass is 35.5. The predicted molar refractivity (Wildman–Crippen MR) is 94.6 cm³/mol. The van der Waals surface area contributed by atoms with E-state index in [1.165, 1.54) is 30.3 Å². The lowest BCUT2D eigenvalue weighted by atomic mass is 10.1. The zero-order valence-electron chi connectivity index (χ0n) is 13.2. The first-order valence-corrected chi connectivity index (χ1v) is 9.31. The van der Waals surface area contributed by atoms with Crippen molar-refractivity contribution in [2.75, 3.05) is 11.1 Å². The number of hydrogen-bond acceptors (Lipinski definition) is 5. The fourth-order valence-corrected chi connectivity index (χ4v) is 3.17. The van der Waals surface area contributed by atoms with Crippen LogP contribution in [0.25, 0.3) is 0 Å². The largest absolute Gasteiger partial charge is 0.326 e. The Kier molecular flexibility index (Phi) is 5.76. The molecule has 0 radical (unpaired) electrons. The van der Waals surface area contributed by atoms with Gasteiger partial charge in [-0.25, -0.2) is 8.42 Å². The molecule has 0 aromatic heterocycles. The lowest BCUT2D eigenvalue weighted by molar-refractivity contribution is -0.384. The standard InChI is InChI=1S/C16H15ClN2O5S/c1-2-25(23,24)13-6-3-11(4-7-13)9-16(20)18-12-5-8-14(17)15(10-12)19(21)22/h3-8,10H,2,9H2,1H3,(H,18,20). The average Bonchev–Trinajstić information content (AvgIpc) is 2.56. The molecule has 0 aliphatic carbocycles. The molecule has 0 spiro atoms. The Morgan fingerprint density at radius 3 is 2.40 bits per heavy atom. The first-order chi connectivity index (χ1) is 11.7. The SMILES string of the molecule is CCS(=O)(=O)c1ccc(CC(=O)Nc2ccc(Cl)c([N+](=O)[O-])c2)cc1. The van der Waals surface area contributed by atoms with E-state index in [0.29, 0.717) is 5.56 Å². The van der Waals surface area contributed by atoms with E-state index in [1.807, 2.05) is 0 Å². The topological polar surface area (TPSA) is 106 Å². The molecule has 0 aliphatic heterocycles. The van der Waals surface area contributed by atoms with Crippen LogP contribution in [0.4, 0.5) is 11.4 Å². The van der Waals surface area contributed by atoms with Crippen LogP contribution in [-0.4, -0.2) is 25.0 Å². The summed E-state index contributed by atoms with van der Waals surface area (Å²) < 4.78 is 23.5. The summed E-state index contributed by atoms with van der Waals surface area (Å²) in [4.78, 5) is 22.5. The van der Waals surface area contributed by atoms with Gasteiger partial charge in [-0.05, 0) is 29.8 Å². The number of anilines is 1. The Hall–Kier alpha value is -2.45. The summed E-state index contributed by atoms with van der Waals surface area (Å²) in [6.45, 7) is 1.56. The number of rotatable bonds is 6. The van der Waals surface area contributed by atoms with Gasteiger partial charge >= 0.3 is 0 Å². The van der Waals surface area contributed by atoms with Gasteiger partial charge in [0.2, 0.25) is 5.91 Å². The van der Waals surface area contributed by atoms with Gasteiger partial charge in [0.25, 0.3) is 5.69 Å². The number of nitrogens with zero attached hydrogens (tertiary/aromatic N) is 1. The molecule has 2 aromatic rings. The van der Waals surface area contributed by atoms with Crippen molar-refractivity contribution in [3.63, 3.8) is 0 Å². The molecule has 132 valence electrons. The number of halogens is 1. The quantitative estimate of drug-likeness (QED) is 0.609. The Morgan fingerprint density at radius 1 is 1.20 bits per heavy atom. The summed E-state index contributed by atoms with van der Waals surface area (Å²) in [6, 6.07) is 10.0. The number of nitro groups is 1. The van der Waals surface area contributed by atoms with Crippen LogP contribution in [0.15, 0.2) is 47.4 Å². The maximum atomic E-state index is 12.1. The molecule has 0 atom stereocenters. The summed E-state index contributed by atoms with van der Waals surface area (Å²) in [6.07, 6.45) is 0.00285. The van der Waals surface area contributed by atoms with Crippen molar-refractivity contribution in [2.24, 2.45) is 0 Å². The third-order valence-electron chi connectivity index (χ3n) is 3.45. The van der Waals surface area contributed by atoms with Crippen molar-refractivity contribution < 1.29 is 18.1 Å². The van der Waals surface area contributed by atoms with Gasteiger partial charge in [-0.2, -0.15) is 0 Å². The van der Waals surface area contributed by atoms with E-state index < -0.39 is 14.8 Å². The smallest absolute Gasteiger partial charge is 0.289 e. The van der Waals surface area contributed by atoms with Gasteiger partial charge in [0.15, 0.2) is 9.84 Å². The van der Waals surface area contributed by atoms with Crippen molar-refractivity contribution in [3.05, 3.63) is 63.2 Å². The van der Waals surface area contributed by atoms with Crippen molar-refractivity contribution in [1.82, 2.24) is 0 Å². The molecule has 1 amide bonds. The van der Waals surface area contributed by atoms with E-state index in [4.69, 9.17) is 11.6 Å². The summed E-state index contributed by atoms with van der Waals surface area (Å²) in [5.41, 5.74) is 0.580. The molecule has 0 saturated heterocycles. The van der Waals surface area contributed by atoms with Crippen LogP contribution in [0.5, 0.6) is 0 Å². The number of sulfone groups is 1. The molecule has 0 aliphatic rings. The number of hydrogen-bond donors (Lipinski definition) is 1. The first kappa shape index (κ1) is 18.9. The van der Waals surface area contributed by atoms with Crippen molar-refractivity contribution in [2.45, 2.75) is 18.2 Å². The molecule has 2 rings (SSSR count). The minimum absolute atomic E-state index is 0.00216. The molecule has 0 heterocycles. The molecule has 0 saturated carbocycles.